The summed E-state index contributed by atoms with van der Waals surface area (Å²) in [4.78, 5) is 23.9. The summed E-state index contributed by atoms with van der Waals surface area (Å²) in [6, 6.07) is 7.51. The summed E-state index contributed by atoms with van der Waals surface area (Å²) < 4.78 is -1.31. The molecular formula is C16H16O4S. The quantitative estimate of drug-likeness (QED) is 0.894. The van der Waals surface area contributed by atoms with Gasteiger partial charge in [0.25, 0.3) is 0 Å². The molecule has 5 heteroatoms. The van der Waals surface area contributed by atoms with Gasteiger partial charge in [0.05, 0.1) is 0 Å². The standard InChI is InChI=1S/C16H16O4S/c1-10-5-7-12(8-6-10)21-16(15(19)20)9-3-4-13(11(16)2)14(17)18/h3-9,11H,1-2H3,(H,17,18)(H,19,20). The largest absolute Gasteiger partial charge is 0.480 e. The van der Waals surface area contributed by atoms with Gasteiger partial charge in [0.1, 0.15) is 4.75 Å². The van der Waals surface area contributed by atoms with Gasteiger partial charge < -0.3 is 10.2 Å². The van der Waals surface area contributed by atoms with Crippen molar-refractivity contribution in [2.24, 2.45) is 5.92 Å². The predicted octanol–water partition coefficient (Wildman–Crippen LogP) is 3.13. The minimum atomic E-state index is -1.31. The van der Waals surface area contributed by atoms with E-state index in [2.05, 4.69) is 0 Å². The van der Waals surface area contributed by atoms with Crippen LogP contribution in [-0.2, 0) is 9.59 Å². The van der Waals surface area contributed by atoms with E-state index in [0.717, 1.165) is 10.5 Å². The first kappa shape index (κ1) is 15.4. The van der Waals surface area contributed by atoms with Crippen LogP contribution in [0.4, 0.5) is 0 Å². The normalized spacial score (nSPS) is 24.5. The molecule has 1 aromatic rings. The molecule has 2 N–H and O–H groups in total. The number of carbonyl (C=O) groups is 2. The van der Waals surface area contributed by atoms with Crippen LogP contribution in [0, 0.1) is 12.8 Å². The Balaban J connectivity index is 2.41. The molecular weight excluding hydrogens is 288 g/mol. The Morgan fingerprint density at radius 3 is 2.33 bits per heavy atom. The summed E-state index contributed by atoms with van der Waals surface area (Å²) in [5.41, 5.74) is 1.20. The van der Waals surface area contributed by atoms with Gasteiger partial charge in [0, 0.05) is 16.4 Å². The molecule has 1 aliphatic rings. The second kappa shape index (κ2) is 5.77. The summed E-state index contributed by atoms with van der Waals surface area (Å²) in [7, 11) is 0. The highest BCUT2D eigenvalue weighted by molar-refractivity contribution is 8.01. The monoisotopic (exact) mass is 304 g/mol. The number of benzene rings is 1. The Kier molecular flexibility index (Phi) is 4.23. The molecule has 0 aromatic heterocycles. The van der Waals surface area contributed by atoms with Crippen LogP contribution in [-0.4, -0.2) is 26.9 Å². The minimum absolute atomic E-state index is 0.111. The first-order chi connectivity index (χ1) is 9.86. The molecule has 2 atom stereocenters. The van der Waals surface area contributed by atoms with Gasteiger partial charge in [-0.25, -0.2) is 4.79 Å². The highest BCUT2D eigenvalue weighted by Gasteiger charge is 2.47. The lowest BCUT2D eigenvalue weighted by atomic mass is 9.82. The number of carboxylic acids is 2. The molecule has 0 heterocycles. The maximum Gasteiger partial charge on any atom is 0.331 e. The molecule has 0 amide bonds. The fourth-order valence-corrected chi connectivity index (χ4v) is 3.49. The van der Waals surface area contributed by atoms with E-state index in [1.54, 1.807) is 13.0 Å². The number of rotatable bonds is 4. The van der Waals surface area contributed by atoms with Crippen molar-refractivity contribution in [2.75, 3.05) is 0 Å². The van der Waals surface area contributed by atoms with Crippen molar-refractivity contribution < 1.29 is 19.8 Å². The number of aliphatic carboxylic acids is 2. The predicted molar refractivity (Wildman–Crippen MR) is 81.4 cm³/mol. The third-order valence-electron chi connectivity index (χ3n) is 3.62. The van der Waals surface area contributed by atoms with Gasteiger partial charge in [0.15, 0.2) is 0 Å². The average molecular weight is 304 g/mol. The topological polar surface area (TPSA) is 74.6 Å². The van der Waals surface area contributed by atoms with Crippen LogP contribution in [0.3, 0.4) is 0 Å². The summed E-state index contributed by atoms with van der Waals surface area (Å²) in [5, 5.41) is 18.9. The maximum atomic E-state index is 11.8. The van der Waals surface area contributed by atoms with Crippen molar-refractivity contribution in [3.05, 3.63) is 53.6 Å². The number of carboxylic acid groups (broad SMARTS) is 2. The number of allylic oxidation sites excluding steroid dienone is 2. The van der Waals surface area contributed by atoms with Crippen LogP contribution in [0.5, 0.6) is 0 Å². The van der Waals surface area contributed by atoms with Crippen LogP contribution < -0.4 is 0 Å². The molecule has 4 nitrogen and oxygen atoms in total. The van der Waals surface area contributed by atoms with Crippen molar-refractivity contribution in [2.45, 2.75) is 23.5 Å². The molecule has 0 aliphatic heterocycles. The Hall–Kier alpha value is -2.01. The number of hydrogen-bond acceptors (Lipinski definition) is 3. The van der Waals surface area contributed by atoms with Gasteiger partial charge in [0.2, 0.25) is 0 Å². The lowest BCUT2D eigenvalue weighted by Crippen LogP contribution is -2.43. The second-order valence-corrected chi connectivity index (χ2v) is 6.37. The average Bonchev–Trinajstić information content (AvgIpc) is 2.43. The first-order valence-corrected chi connectivity index (χ1v) is 7.30. The van der Waals surface area contributed by atoms with Crippen LogP contribution in [0.2, 0.25) is 0 Å². The van der Waals surface area contributed by atoms with Crippen LogP contribution in [0.15, 0.2) is 53.0 Å². The van der Waals surface area contributed by atoms with Gasteiger partial charge in [-0.15, -0.1) is 11.8 Å². The molecule has 0 saturated heterocycles. The van der Waals surface area contributed by atoms with Gasteiger partial charge in [-0.3, -0.25) is 4.79 Å². The van der Waals surface area contributed by atoms with E-state index >= 15 is 0 Å². The molecule has 2 unspecified atom stereocenters. The Bertz CT molecular complexity index is 630. The number of hydrogen-bond donors (Lipinski definition) is 2. The van der Waals surface area contributed by atoms with E-state index in [9.17, 15) is 19.8 Å². The molecule has 1 aliphatic carbocycles. The first-order valence-electron chi connectivity index (χ1n) is 6.48. The zero-order chi connectivity index (χ0) is 15.6. The van der Waals surface area contributed by atoms with Gasteiger partial charge in [-0.05, 0) is 19.1 Å². The van der Waals surface area contributed by atoms with E-state index in [1.807, 2.05) is 31.2 Å². The Morgan fingerprint density at radius 1 is 1.19 bits per heavy atom. The molecule has 0 radical (unpaired) electrons. The molecule has 0 saturated carbocycles. The zero-order valence-electron chi connectivity index (χ0n) is 11.7. The molecule has 21 heavy (non-hydrogen) atoms. The van der Waals surface area contributed by atoms with E-state index in [4.69, 9.17) is 0 Å². The minimum Gasteiger partial charge on any atom is -0.480 e. The van der Waals surface area contributed by atoms with Gasteiger partial charge in [-0.2, -0.15) is 0 Å². The van der Waals surface area contributed by atoms with Gasteiger partial charge in [-0.1, -0.05) is 42.8 Å². The molecule has 0 spiro atoms. The summed E-state index contributed by atoms with van der Waals surface area (Å²) in [5.74, 6) is -2.76. The van der Waals surface area contributed by atoms with Crippen molar-refractivity contribution in [3.8, 4) is 0 Å². The summed E-state index contributed by atoms with van der Waals surface area (Å²) in [6.45, 7) is 3.59. The highest BCUT2D eigenvalue weighted by atomic mass is 32.2. The molecule has 110 valence electrons. The number of thioether (sulfide) groups is 1. The van der Waals surface area contributed by atoms with Crippen molar-refractivity contribution in [3.63, 3.8) is 0 Å². The lowest BCUT2D eigenvalue weighted by Gasteiger charge is -2.34. The Labute approximate surface area is 127 Å². The summed E-state index contributed by atoms with van der Waals surface area (Å²) in [6.07, 6.45) is 4.54. The van der Waals surface area contributed by atoms with E-state index in [0.29, 0.717) is 0 Å². The maximum absolute atomic E-state index is 11.8. The third kappa shape index (κ3) is 2.88. The molecule has 0 bridgehead atoms. The smallest absolute Gasteiger partial charge is 0.331 e. The van der Waals surface area contributed by atoms with E-state index < -0.39 is 22.6 Å². The Morgan fingerprint density at radius 2 is 1.81 bits per heavy atom. The van der Waals surface area contributed by atoms with E-state index in [-0.39, 0.29) is 5.57 Å². The number of aryl methyl sites for hydroxylation is 1. The third-order valence-corrected chi connectivity index (χ3v) is 5.13. The fourth-order valence-electron chi connectivity index (χ4n) is 2.29. The van der Waals surface area contributed by atoms with Gasteiger partial charge >= 0.3 is 11.9 Å². The SMILES string of the molecule is Cc1ccc(SC2(C(=O)O)C=CC=C(C(=O)O)C2C)cc1. The fraction of sp³-hybridized carbons (Fsp3) is 0.250. The van der Waals surface area contributed by atoms with Crippen molar-refractivity contribution >= 4 is 23.7 Å². The lowest BCUT2D eigenvalue weighted by molar-refractivity contribution is -0.139. The zero-order valence-corrected chi connectivity index (χ0v) is 12.6. The summed E-state index contributed by atoms with van der Waals surface area (Å²) >= 11 is 1.17. The molecule has 0 fully saturated rings. The highest BCUT2D eigenvalue weighted by Crippen LogP contribution is 2.45. The molecule has 2 rings (SSSR count). The van der Waals surface area contributed by atoms with Crippen LogP contribution in [0.1, 0.15) is 12.5 Å². The van der Waals surface area contributed by atoms with Crippen molar-refractivity contribution in [1.82, 2.24) is 0 Å². The van der Waals surface area contributed by atoms with E-state index in [1.165, 1.54) is 23.9 Å². The van der Waals surface area contributed by atoms with Crippen LogP contribution >= 0.6 is 11.8 Å². The van der Waals surface area contributed by atoms with Crippen LogP contribution in [0.25, 0.3) is 0 Å². The second-order valence-electron chi connectivity index (χ2n) is 5.02. The molecule has 1 aromatic carbocycles. The van der Waals surface area contributed by atoms with Crippen molar-refractivity contribution in [1.29, 1.82) is 0 Å².